The van der Waals surface area contributed by atoms with E-state index in [-0.39, 0.29) is 38.9 Å². The predicted molar refractivity (Wildman–Crippen MR) is 182 cm³/mol. The minimum Gasteiger partial charge on any atom is -0.444 e. The van der Waals surface area contributed by atoms with Gasteiger partial charge in [-0.2, -0.15) is 13.2 Å². The number of halogens is 4. The van der Waals surface area contributed by atoms with Crippen molar-refractivity contribution in [3.05, 3.63) is 46.5 Å². The number of nitrogens with one attached hydrogen (secondary N) is 3. The highest BCUT2D eigenvalue weighted by Gasteiger charge is 2.69. The molecular formula is C35H41ClF3N5O8S. The van der Waals surface area contributed by atoms with E-state index in [0.717, 1.165) is 16.0 Å². The van der Waals surface area contributed by atoms with Gasteiger partial charge < -0.3 is 20.3 Å². The van der Waals surface area contributed by atoms with Gasteiger partial charge in [0, 0.05) is 23.9 Å². The first-order valence-electron chi connectivity index (χ1n) is 18.0. The number of ether oxygens (including phenoxy) is 1. The molecule has 0 aromatic heterocycles. The molecule has 3 aliphatic heterocycles. The summed E-state index contributed by atoms with van der Waals surface area (Å²) in [5.41, 5.74) is -2.65. The van der Waals surface area contributed by atoms with Crippen LogP contribution in [0.2, 0.25) is 5.02 Å². The quantitative estimate of drug-likeness (QED) is 0.368. The predicted octanol–water partition coefficient (Wildman–Crippen LogP) is 3.59. The van der Waals surface area contributed by atoms with Crippen LogP contribution in [0.25, 0.3) is 0 Å². The van der Waals surface area contributed by atoms with Crippen molar-refractivity contribution < 1.29 is 50.3 Å². The SMILES string of the molecule is O=C1N[C@]2(C(=O)NS(=O)(=O)C3CC3)CC2/C=C\CCCCC[C@H](NC(=O)C2(C(F)(F)F)CC2)C(=O)N2C[C@H](OC(=O)N3Cc4cccc(Cl)c4C3)C[C@@H]12. The number of nitrogens with zero attached hydrogens (tertiary/aromatic N) is 2. The fourth-order valence-electron chi connectivity index (χ4n) is 7.64. The zero-order valence-electron chi connectivity index (χ0n) is 28.8. The second kappa shape index (κ2) is 13.8. The van der Waals surface area contributed by atoms with Gasteiger partial charge in [-0.3, -0.25) is 28.8 Å². The van der Waals surface area contributed by atoms with Crippen LogP contribution in [0.1, 0.15) is 81.8 Å². The molecule has 3 N–H and O–H groups in total. The van der Waals surface area contributed by atoms with Crippen molar-refractivity contribution >= 4 is 51.3 Å². The Morgan fingerprint density at radius 3 is 2.45 bits per heavy atom. The fraction of sp³-hybridized carbons (Fsp3) is 0.629. The van der Waals surface area contributed by atoms with E-state index in [2.05, 4.69) is 15.4 Å². The van der Waals surface area contributed by atoms with Gasteiger partial charge in [-0.05, 0) is 68.6 Å². The molecule has 3 aliphatic carbocycles. The standard InChI is InChI=1S/C35H41ClF3N5O8S/c36-25-9-6-7-20-17-43(19-24(20)25)32(49)52-22-15-27-28(45)41-34(31(48)42-53(50,51)23-11-12-23)16-21(34)8-4-2-1-3-5-10-26(29(46)44(27)18-22)40-30(47)33(13-14-33)35(37,38)39/h4,6-9,21-23,26-27H,1-3,5,10-19H2,(H,40,47)(H,41,45)(H,42,48)/b8-4-/t21?,22-,26+,27+,34-/m1/s1. The summed E-state index contributed by atoms with van der Waals surface area (Å²) in [6, 6.07) is 2.49. The lowest BCUT2D eigenvalue weighted by atomic mass is 10.0. The van der Waals surface area contributed by atoms with E-state index in [1.807, 2.05) is 12.1 Å². The second-order valence-electron chi connectivity index (χ2n) is 15.1. The number of amides is 5. The van der Waals surface area contributed by atoms with Gasteiger partial charge in [0.15, 0.2) is 0 Å². The molecule has 7 rings (SSSR count). The topological polar surface area (TPSA) is 171 Å². The number of alkyl halides is 3. The maximum atomic E-state index is 14.3. The normalized spacial score (nSPS) is 30.4. The third kappa shape index (κ3) is 7.34. The Kier molecular flexibility index (Phi) is 9.73. The summed E-state index contributed by atoms with van der Waals surface area (Å²) in [4.78, 5) is 71.1. The van der Waals surface area contributed by atoms with Gasteiger partial charge in [0.25, 0.3) is 5.91 Å². The number of hydrogen-bond acceptors (Lipinski definition) is 8. The molecule has 13 nitrogen and oxygen atoms in total. The molecule has 4 fully saturated rings. The van der Waals surface area contributed by atoms with Gasteiger partial charge in [0.05, 0.1) is 18.3 Å². The van der Waals surface area contributed by atoms with Crippen molar-refractivity contribution in [1.29, 1.82) is 0 Å². The molecule has 5 atom stereocenters. The monoisotopic (exact) mass is 783 g/mol. The Morgan fingerprint density at radius 2 is 1.77 bits per heavy atom. The fourth-order valence-corrected chi connectivity index (χ4v) is 9.25. The molecule has 5 amide bonds. The number of fused-ring (bicyclic) bond motifs is 3. The Morgan fingerprint density at radius 1 is 1.02 bits per heavy atom. The molecule has 3 saturated carbocycles. The summed E-state index contributed by atoms with van der Waals surface area (Å²) in [6.45, 7) is 0.0530. The number of allylic oxidation sites excluding steroid dienone is 1. The molecule has 0 spiro atoms. The maximum Gasteiger partial charge on any atom is 0.410 e. The Balaban J connectivity index is 1.15. The molecule has 1 saturated heterocycles. The van der Waals surface area contributed by atoms with E-state index in [1.165, 1.54) is 4.90 Å². The van der Waals surface area contributed by atoms with Crippen LogP contribution in [-0.4, -0.2) is 89.6 Å². The number of carbonyl (C=O) groups is 5. The van der Waals surface area contributed by atoms with Crippen molar-refractivity contribution in [3.8, 4) is 0 Å². The average Bonchev–Trinajstić information content (AvgIpc) is 4.03. The van der Waals surface area contributed by atoms with Crippen molar-refractivity contribution in [2.75, 3.05) is 6.54 Å². The van der Waals surface area contributed by atoms with Crippen LogP contribution in [0.15, 0.2) is 30.4 Å². The molecule has 0 radical (unpaired) electrons. The zero-order valence-corrected chi connectivity index (χ0v) is 30.3. The smallest absolute Gasteiger partial charge is 0.410 e. The van der Waals surface area contributed by atoms with Gasteiger partial charge in [-0.1, -0.05) is 48.7 Å². The number of benzene rings is 1. The molecule has 1 aromatic rings. The van der Waals surface area contributed by atoms with Gasteiger partial charge in [-0.15, -0.1) is 0 Å². The number of rotatable bonds is 6. The second-order valence-corrected chi connectivity index (χ2v) is 17.5. The first kappa shape index (κ1) is 37.5. The Bertz CT molecular complexity index is 1850. The van der Waals surface area contributed by atoms with Crippen molar-refractivity contribution in [2.24, 2.45) is 11.3 Å². The van der Waals surface area contributed by atoms with Crippen LogP contribution in [0.5, 0.6) is 0 Å². The molecule has 53 heavy (non-hydrogen) atoms. The summed E-state index contributed by atoms with van der Waals surface area (Å²) in [5, 5.41) is 4.83. The van der Waals surface area contributed by atoms with Crippen LogP contribution < -0.4 is 15.4 Å². The summed E-state index contributed by atoms with van der Waals surface area (Å²) < 4.78 is 75.1. The number of sulfonamides is 1. The van der Waals surface area contributed by atoms with Gasteiger partial charge >= 0.3 is 12.3 Å². The third-order valence-corrected chi connectivity index (χ3v) is 13.5. The minimum absolute atomic E-state index is 0.00168. The van der Waals surface area contributed by atoms with E-state index < -0.39 is 99.1 Å². The lowest BCUT2D eigenvalue weighted by Crippen LogP contribution is -2.59. The molecule has 6 aliphatic rings. The van der Waals surface area contributed by atoms with Crippen LogP contribution >= 0.6 is 11.6 Å². The van der Waals surface area contributed by atoms with Gasteiger partial charge in [0.2, 0.25) is 27.7 Å². The lowest BCUT2D eigenvalue weighted by molar-refractivity contribution is -0.193. The van der Waals surface area contributed by atoms with Crippen LogP contribution in [0, 0.1) is 11.3 Å². The van der Waals surface area contributed by atoms with Crippen LogP contribution in [-0.2, 0) is 47.0 Å². The summed E-state index contributed by atoms with van der Waals surface area (Å²) >= 11 is 6.32. The first-order chi connectivity index (χ1) is 25.0. The van der Waals surface area contributed by atoms with E-state index in [4.69, 9.17) is 16.3 Å². The van der Waals surface area contributed by atoms with E-state index in [9.17, 15) is 45.6 Å². The lowest BCUT2D eigenvalue weighted by Gasteiger charge is -2.31. The molecule has 1 unspecified atom stereocenters. The number of hydrogen-bond donors (Lipinski definition) is 3. The molecule has 3 heterocycles. The third-order valence-electron chi connectivity index (χ3n) is 11.3. The highest BCUT2D eigenvalue weighted by molar-refractivity contribution is 7.91. The van der Waals surface area contributed by atoms with Gasteiger partial charge in [-0.25, -0.2) is 13.2 Å². The van der Waals surface area contributed by atoms with Crippen molar-refractivity contribution in [1.82, 2.24) is 25.2 Å². The zero-order chi connectivity index (χ0) is 37.9. The Labute approximate surface area is 309 Å². The summed E-state index contributed by atoms with van der Waals surface area (Å²) in [6.07, 6.45) is -1.04. The van der Waals surface area contributed by atoms with Crippen LogP contribution in [0.3, 0.4) is 0 Å². The largest absolute Gasteiger partial charge is 0.444 e. The van der Waals surface area contributed by atoms with Crippen molar-refractivity contribution in [3.63, 3.8) is 0 Å². The molecular weight excluding hydrogens is 743 g/mol. The van der Waals surface area contributed by atoms with Crippen LogP contribution in [0.4, 0.5) is 18.0 Å². The molecule has 18 heteroatoms. The molecule has 0 bridgehead atoms. The summed E-state index contributed by atoms with van der Waals surface area (Å²) in [5.74, 6) is -4.42. The van der Waals surface area contributed by atoms with E-state index in [1.54, 1.807) is 18.2 Å². The van der Waals surface area contributed by atoms with Gasteiger partial charge in [0.1, 0.15) is 29.1 Å². The maximum absolute atomic E-state index is 14.3. The molecule has 288 valence electrons. The van der Waals surface area contributed by atoms with E-state index >= 15 is 0 Å². The van der Waals surface area contributed by atoms with E-state index in [0.29, 0.717) is 43.5 Å². The first-order valence-corrected chi connectivity index (χ1v) is 19.9. The Hall–Kier alpha value is -3.86. The highest BCUT2D eigenvalue weighted by atomic mass is 35.5. The van der Waals surface area contributed by atoms with Crippen molar-refractivity contribution in [2.45, 2.75) is 119 Å². The number of carbonyl (C=O) groups excluding carboxylic acids is 5. The average molecular weight is 784 g/mol. The highest BCUT2D eigenvalue weighted by Crippen LogP contribution is 2.57. The molecule has 1 aromatic carbocycles. The summed E-state index contributed by atoms with van der Waals surface area (Å²) in [7, 11) is -3.98. The minimum atomic E-state index is -4.82.